The molecule has 4 N–H and O–H groups in total. The highest BCUT2D eigenvalue weighted by Gasteiger charge is 2.17. The number of ether oxygens (including phenoxy) is 1. The normalized spacial score (nSPS) is 11.7. The van der Waals surface area contributed by atoms with Crippen LogP contribution in [0.2, 0.25) is 0 Å². The number of nitrogen functional groups attached to an aromatic ring is 1. The zero-order valence-corrected chi connectivity index (χ0v) is 16.1. The molecule has 29 heavy (non-hydrogen) atoms. The summed E-state index contributed by atoms with van der Waals surface area (Å²) in [5.41, 5.74) is 7.74. The van der Waals surface area contributed by atoms with E-state index in [9.17, 15) is 10.2 Å². The minimum absolute atomic E-state index is 0.0617. The summed E-state index contributed by atoms with van der Waals surface area (Å²) >= 11 is 0. The van der Waals surface area contributed by atoms with E-state index in [1.807, 2.05) is 18.2 Å². The van der Waals surface area contributed by atoms with E-state index in [1.54, 1.807) is 49.1 Å². The number of anilines is 1. The number of nitrogens with two attached hydrogens (primary N) is 1. The van der Waals surface area contributed by atoms with Crippen molar-refractivity contribution >= 4 is 16.7 Å². The molecule has 0 saturated carbocycles. The van der Waals surface area contributed by atoms with Gasteiger partial charge < -0.3 is 20.7 Å². The second-order valence-electron chi connectivity index (χ2n) is 7.21. The number of nitrogens with zero attached hydrogens (tertiary/aromatic N) is 4. The molecular weight excluding hydrogens is 370 g/mol. The molecule has 0 unspecified atom stereocenters. The molecule has 1 aromatic carbocycles. The van der Waals surface area contributed by atoms with Crippen LogP contribution >= 0.6 is 0 Å². The van der Waals surface area contributed by atoms with Crippen LogP contribution in [0.5, 0.6) is 11.6 Å². The summed E-state index contributed by atoms with van der Waals surface area (Å²) in [7, 11) is 0. The van der Waals surface area contributed by atoms with E-state index in [0.29, 0.717) is 22.6 Å². The minimum Gasteiger partial charge on any atom is -0.493 e. The summed E-state index contributed by atoms with van der Waals surface area (Å²) in [6, 6.07) is 12.3. The summed E-state index contributed by atoms with van der Waals surface area (Å²) in [5, 5.41) is 25.0. The van der Waals surface area contributed by atoms with Gasteiger partial charge in [-0.2, -0.15) is 5.10 Å². The van der Waals surface area contributed by atoms with Crippen LogP contribution < -0.4 is 10.5 Å². The van der Waals surface area contributed by atoms with Gasteiger partial charge in [0.2, 0.25) is 5.88 Å². The first-order chi connectivity index (χ1) is 13.8. The van der Waals surface area contributed by atoms with Crippen LogP contribution in [0, 0.1) is 0 Å². The zero-order chi connectivity index (χ0) is 20.6. The lowest BCUT2D eigenvalue weighted by Crippen LogP contribution is -2.15. The molecule has 0 aliphatic heterocycles. The lowest BCUT2D eigenvalue weighted by atomic mass is 9.97. The fourth-order valence-corrected chi connectivity index (χ4v) is 3.02. The second-order valence-corrected chi connectivity index (χ2v) is 7.21. The number of aliphatic hydroxyl groups is 1. The van der Waals surface area contributed by atoms with Crippen molar-refractivity contribution in [3.8, 4) is 17.3 Å². The Kier molecular flexibility index (Phi) is 4.56. The molecule has 0 fully saturated rings. The van der Waals surface area contributed by atoms with Crippen molar-refractivity contribution in [2.45, 2.75) is 26.1 Å². The number of fused-ring (bicyclic) bond motifs is 1. The van der Waals surface area contributed by atoms with Crippen molar-refractivity contribution in [3.05, 3.63) is 66.1 Å². The number of rotatable bonds is 5. The first kappa shape index (κ1) is 18.7. The molecule has 8 heteroatoms. The average molecular weight is 391 g/mol. The maximum absolute atomic E-state index is 10.3. The minimum atomic E-state index is -0.971. The summed E-state index contributed by atoms with van der Waals surface area (Å²) in [6.07, 6.45) is 3.44. The lowest BCUT2D eigenvalue weighted by Gasteiger charge is -2.18. The van der Waals surface area contributed by atoms with Gasteiger partial charge in [-0.1, -0.05) is 6.07 Å². The first-order valence-corrected chi connectivity index (χ1v) is 9.06. The molecule has 4 aromatic rings. The fraction of sp³-hybridized carbons (Fsp3) is 0.190. The molecular formula is C21H21N5O3. The van der Waals surface area contributed by atoms with Crippen LogP contribution in [-0.2, 0) is 12.2 Å². The Balaban J connectivity index is 1.67. The predicted octanol–water partition coefficient (Wildman–Crippen LogP) is 2.91. The Labute approximate surface area is 167 Å². The van der Waals surface area contributed by atoms with E-state index < -0.39 is 5.60 Å². The topological polar surface area (TPSA) is 119 Å². The third kappa shape index (κ3) is 3.83. The Morgan fingerprint density at radius 2 is 1.97 bits per heavy atom. The maximum Gasteiger partial charge on any atom is 0.211 e. The fourth-order valence-electron chi connectivity index (χ4n) is 3.02. The molecule has 0 spiro atoms. The van der Waals surface area contributed by atoms with Gasteiger partial charge in [0.1, 0.15) is 12.3 Å². The highest BCUT2D eigenvalue weighted by molar-refractivity contribution is 5.83. The SMILES string of the molecule is CC(C)(O)c1ccc2nc(N)c(OCc3nc(O)ccc3-n3cccn3)cc2c1. The van der Waals surface area contributed by atoms with Gasteiger partial charge in [-0.15, -0.1) is 0 Å². The standard InChI is InChI=1S/C21H21N5O3/c1-21(2,28)14-4-5-15-13(10-14)11-18(20(22)25-15)29-12-16-17(6-7-19(27)24-16)26-9-3-8-23-26/h3-11,28H,12H2,1-2H3,(H2,22,25)(H,24,27). The smallest absolute Gasteiger partial charge is 0.211 e. The van der Waals surface area contributed by atoms with Crippen molar-refractivity contribution in [1.29, 1.82) is 0 Å². The Morgan fingerprint density at radius 1 is 1.14 bits per heavy atom. The number of aromatic nitrogens is 4. The van der Waals surface area contributed by atoms with Crippen molar-refractivity contribution in [2.75, 3.05) is 5.73 Å². The van der Waals surface area contributed by atoms with E-state index in [2.05, 4.69) is 15.1 Å². The van der Waals surface area contributed by atoms with Crippen LogP contribution in [0.15, 0.2) is 54.9 Å². The van der Waals surface area contributed by atoms with Crippen molar-refractivity contribution in [3.63, 3.8) is 0 Å². The van der Waals surface area contributed by atoms with Gasteiger partial charge in [-0.25, -0.2) is 14.6 Å². The molecule has 0 bridgehead atoms. The largest absolute Gasteiger partial charge is 0.493 e. The molecule has 0 aliphatic carbocycles. The van der Waals surface area contributed by atoms with E-state index in [4.69, 9.17) is 10.5 Å². The van der Waals surface area contributed by atoms with Gasteiger partial charge in [-0.3, -0.25) is 0 Å². The molecule has 8 nitrogen and oxygen atoms in total. The van der Waals surface area contributed by atoms with Crippen molar-refractivity contribution in [2.24, 2.45) is 0 Å². The third-order valence-electron chi connectivity index (χ3n) is 4.56. The molecule has 0 aliphatic rings. The third-order valence-corrected chi connectivity index (χ3v) is 4.56. The monoisotopic (exact) mass is 391 g/mol. The van der Waals surface area contributed by atoms with Crippen LogP contribution in [-0.4, -0.2) is 30.0 Å². The van der Waals surface area contributed by atoms with Gasteiger partial charge in [0, 0.05) is 23.8 Å². The number of benzene rings is 1. The average Bonchev–Trinajstić information content (AvgIpc) is 3.20. The maximum atomic E-state index is 10.3. The quantitative estimate of drug-likeness (QED) is 0.478. The summed E-state index contributed by atoms with van der Waals surface area (Å²) in [6.45, 7) is 3.51. The van der Waals surface area contributed by atoms with Gasteiger partial charge >= 0.3 is 0 Å². The van der Waals surface area contributed by atoms with Gasteiger partial charge in [0.05, 0.1) is 16.8 Å². The summed E-state index contributed by atoms with van der Waals surface area (Å²) < 4.78 is 7.53. The van der Waals surface area contributed by atoms with Crippen LogP contribution in [0.3, 0.4) is 0 Å². The predicted molar refractivity (Wildman–Crippen MR) is 109 cm³/mol. The van der Waals surface area contributed by atoms with Crippen molar-refractivity contribution < 1.29 is 14.9 Å². The summed E-state index contributed by atoms with van der Waals surface area (Å²) in [5.74, 6) is 0.523. The number of hydrogen-bond acceptors (Lipinski definition) is 7. The molecule has 3 aromatic heterocycles. The molecule has 0 radical (unpaired) electrons. The van der Waals surface area contributed by atoms with Gasteiger partial charge in [0.15, 0.2) is 11.6 Å². The molecule has 4 rings (SSSR count). The van der Waals surface area contributed by atoms with Gasteiger partial charge in [0.25, 0.3) is 0 Å². The van der Waals surface area contributed by atoms with Crippen LogP contribution in [0.25, 0.3) is 16.6 Å². The number of hydrogen-bond donors (Lipinski definition) is 3. The Bertz CT molecular complexity index is 1170. The first-order valence-electron chi connectivity index (χ1n) is 9.06. The van der Waals surface area contributed by atoms with E-state index in [0.717, 1.165) is 10.9 Å². The molecule has 3 heterocycles. The second kappa shape index (κ2) is 7.06. The number of aromatic hydroxyl groups is 1. The van der Waals surface area contributed by atoms with Crippen molar-refractivity contribution in [1.82, 2.24) is 19.7 Å². The highest BCUT2D eigenvalue weighted by Crippen LogP contribution is 2.30. The Morgan fingerprint density at radius 3 is 2.69 bits per heavy atom. The summed E-state index contributed by atoms with van der Waals surface area (Å²) in [4.78, 5) is 8.54. The zero-order valence-electron chi connectivity index (χ0n) is 16.1. The molecule has 148 valence electrons. The van der Waals surface area contributed by atoms with E-state index >= 15 is 0 Å². The van der Waals surface area contributed by atoms with Crippen LogP contribution in [0.1, 0.15) is 25.1 Å². The van der Waals surface area contributed by atoms with E-state index in [-0.39, 0.29) is 18.3 Å². The van der Waals surface area contributed by atoms with Crippen LogP contribution in [0.4, 0.5) is 5.82 Å². The molecule has 0 atom stereocenters. The van der Waals surface area contributed by atoms with E-state index in [1.165, 1.54) is 6.07 Å². The van der Waals surface area contributed by atoms with Gasteiger partial charge in [-0.05, 0) is 49.7 Å². The lowest BCUT2D eigenvalue weighted by molar-refractivity contribution is 0.0787. The number of pyridine rings is 2. The highest BCUT2D eigenvalue weighted by atomic mass is 16.5. The molecule has 0 saturated heterocycles. The Hall–Kier alpha value is -3.65. The molecule has 0 amide bonds.